The van der Waals surface area contributed by atoms with Gasteiger partial charge in [-0.05, 0) is 57.0 Å². The number of carbonyl (C=O) groups is 1. The van der Waals surface area contributed by atoms with Crippen molar-refractivity contribution in [2.24, 2.45) is 10.9 Å². The molecule has 0 saturated carbocycles. The van der Waals surface area contributed by atoms with Gasteiger partial charge in [-0.1, -0.05) is 29.0 Å². The zero-order chi connectivity index (χ0) is 24.3. The molecular weight excluding hydrogens is 477 g/mol. The maximum Gasteiger partial charge on any atom is 0.251 e. The SMILES string of the molecule is CCOCCn1c(=NC(=O)C2CCN(S(=O)(=O)c3ccc(C)cc3)CC2)sc2cc(F)ccc21. The summed E-state index contributed by atoms with van der Waals surface area (Å²) in [7, 11) is -3.59. The Morgan fingerprint density at radius 2 is 1.88 bits per heavy atom. The highest BCUT2D eigenvalue weighted by molar-refractivity contribution is 7.89. The van der Waals surface area contributed by atoms with Gasteiger partial charge in [0.15, 0.2) is 4.80 Å². The highest BCUT2D eigenvalue weighted by atomic mass is 32.2. The standard InChI is InChI=1S/C24H28FN3O4S2/c1-3-32-15-14-28-21-9-6-19(25)16-22(21)33-24(28)26-23(29)18-10-12-27(13-11-18)34(30,31)20-7-4-17(2)5-8-20/h4-9,16,18H,3,10-15H2,1-2H3. The van der Waals surface area contributed by atoms with Crippen molar-refractivity contribution in [2.45, 2.75) is 38.1 Å². The molecule has 7 nitrogen and oxygen atoms in total. The Morgan fingerprint density at radius 1 is 1.18 bits per heavy atom. The number of aryl methyl sites for hydroxylation is 1. The molecule has 0 spiro atoms. The van der Waals surface area contributed by atoms with Crippen molar-refractivity contribution in [1.29, 1.82) is 0 Å². The Bertz CT molecular complexity index is 1340. The molecule has 0 aliphatic carbocycles. The Kier molecular flexibility index (Phi) is 7.61. The van der Waals surface area contributed by atoms with Crippen molar-refractivity contribution in [3.63, 3.8) is 0 Å². The van der Waals surface area contributed by atoms with Gasteiger partial charge in [0, 0.05) is 32.2 Å². The Morgan fingerprint density at radius 3 is 2.56 bits per heavy atom. The van der Waals surface area contributed by atoms with Crippen LogP contribution in [0.4, 0.5) is 4.39 Å². The third kappa shape index (κ3) is 5.30. The second-order valence-electron chi connectivity index (χ2n) is 8.29. The zero-order valence-corrected chi connectivity index (χ0v) is 20.9. The van der Waals surface area contributed by atoms with Crippen molar-refractivity contribution in [3.05, 3.63) is 58.6 Å². The van der Waals surface area contributed by atoms with E-state index in [0.717, 1.165) is 11.1 Å². The van der Waals surface area contributed by atoms with Gasteiger partial charge in [-0.2, -0.15) is 9.30 Å². The molecule has 1 amide bonds. The van der Waals surface area contributed by atoms with Crippen molar-refractivity contribution < 1.29 is 22.3 Å². The molecule has 0 atom stereocenters. The van der Waals surface area contributed by atoms with Crippen molar-refractivity contribution in [1.82, 2.24) is 8.87 Å². The number of nitrogens with zero attached hydrogens (tertiary/aromatic N) is 3. The van der Waals surface area contributed by atoms with Crippen LogP contribution in [-0.2, 0) is 26.1 Å². The molecule has 2 heterocycles. The van der Waals surface area contributed by atoms with Crippen LogP contribution in [0.5, 0.6) is 0 Å². The highest BCUT2D eigenvalue weighted by Crippen LogP contribution is 2.25. The number of aromatic nitrogens is 1. The van der Waals surface area contributed by atoms with Crippen molar-refractivity contribution in [3.8, 4) is 0 Å². The van der Waals surface area contributed by atoms with Crippen LogP contribution >= 0.6 is 11.3 Å². The minimum atomic E-state index is -3.59. The lowest BCUT2D eigenvalue weighted by Gasteiger charge is -2.29. The van der Waals surface area contributed by atoms with E-state index >= 15 is 0 Å². The van der Waals surface area contributed by atoms with E-state index in [4.69, 9.17) is 4.74 Å². The Balaban J connectivity index is 1.51. The first-order valence-corrected chi connectivity index (χ1v) is 13.6. The summed E-state index contributed by atoms with van der Waals surface area (Å²) in [6, 6.07) is 11.3. The van der Waals surface area contributed by atoms with Crippen molar-refractivity contribution in [2.75, 3.05) is 26.3 Å². The number of benzene rings is 2. The molecule has 1 aliphatic rings. The molecular formula is C24H28FN3O4S2. The van der Waals surface area contributed by atoms with Gasteiger partial charge in [0.25, 0.3) is 5.91 Å². The molecule has 0 radical (unpaired) electrons. The maximum absolute atomic E-state index is 13.7. The molecule has 34 heavy (non-hydrogen) atoms. The zero-order valence-electron chi connectivity index (χ0n) is 19.2. The number of halogens is 1. The van der Waals surface area contributed by atoms with Crippen LogP contribution < -0.4 is 4.80 Å². The predicted octanol–water partition coefficient (Wildman–Crippen LogP) is 3.72. The summed E-state index contributed by atoms with van der Waals surface area (Å²) in [6.07, 6.45) is 0.817. The minimum absolute atomic E-state index is 0.264. The Hall–Kier alpha value is -2.40. The van der Waals surface area contributed by atoms with Crippen LogP contribution in [0, 0.1) is 18.7 Å². The van der Waals surface area contributed by atoms with Gasteiger partial charge in [-0.15, -0.1) is 0 Å². The normalized spacial score (nSPS) is 16.4. The lowest BCUT2D eigenvalue weighted by atomic mass is 9.98. The average Bonchev–Trinajstić information content (AvgIpc) is 3.15. The fraction of sp³-hybridized carbons (Fsp3) is 0.417. The summed E-state index contributed by atoms with van der Waals surface area (Å²) in [5.41, 5.74) is 1.80. The second kappa shape index (κ2) is 10.5. The molecule has 0 N–H and O–H groups in total. The van der Waals surface area contributed by atoms with E-state index in [1.165, 1.54) is 27.8 Å². The maximum atomic E-state index is 13.7. The molecule has 0 unspecified atom stereocenters. The molecule has 2 aromatic carbocycles. The predicted molar refractivity (Wildman–Crippen MR) is 129 cm³/mol. The number of hydrogen-bond donors (Lipinski definition) is 0. The van der Waals surface area contributed by atoms with Gasteiger partial charge in [0.2, 0.25) is 10.0 Å². The van der Waals surface area contributed by atoms with E-state index in [-0.39, 0.29) is 35.6 Å². The third-order valence-electron chi connectivity index (χ3n) is 5.98. The van der Waals surface area contributed by atoms with Crippen molar-refractivity contribution >= 4 is 37.5 Å². The summed E-state index contributed by atoms with van der Waals surface area (Å²) >= 11 is 1.27. The van der Waals surface area contributed by atoms with Crippen LogP contribution in [0.2, 0.25) is 0 Å². The first-order chi connectivity index (χ1) is 16.3. The van der Waals surface area contributed by atoms with E-state index in [0.29, 0.717) is 42.1 Å². The van der Waals surface area contributed by atoms with Crippen LogP contribution in [-0.4, -0.2) is 49.5 Å². The van der Waals surface area contributed by atoms with E-state index < -0.39 is 10.0 Å². The average molecular weight is 506 g/mol. The fourth-order valence-corrected chi connectivity index (χ4v) is 6.59. The van der Waals surface area contributed by atoms with E-state index in [1.54, 1.807) is 30.3 Å². The first kappa shape index (κ1) is 24.7. The van der Waals surface area contributed by atoms with E-state index in [1.807, 2.05) is 18.4 Å². The number of hydrogen-bond acceptors (Lipinski definition) is 5. The highest BCUT2D eigenvalue weighted by Gasteiger charge is 2.32. The summed E-state index contributed by atoms with van der Waals surface area (Å²) in [6.45, 7) is 5.88. The fourth-order valence-electron chi connectivity index (χ4n) is 4.04. The van der Waals surface area contributed by atoms with Gasteiger partial charge in [-0.25, -0.2) is 12.8 Å². The Labute approximate surface area is 202 Å². The molecule has 1 aliphatic heterocycles. The quantitative estimate of drug-likeness (QED) is 0.459. The first-order valence-electron chi connectivity index (χ1n) is 11.3. The molecule has 3 aromatic rings. The number of carbonyl (C=O) groups excluding carboxylic acids is 1. The van der Waals surface area contributed by atoms with Crippen LogP contribution in [0.15, 0.2) is 52.4 Å². The van der Waals surface area contributed by atoms with Gasteiger partial charge < -0.3 is 9.30 Å². The monoisotopic (exact) mass is 505 g/mol. The molecule has 1 saturated heterocycles. The van der Waals surface area contributed by atoms with Crippen LogP contribution in [0.1, 0.15) is 25.3 Å². The third-order valence-corrected chi connectivity index (χ3v) is 8.93. The van der Waals surface area contributed by atoms with E-state index in [9.17, 15) is 17.6 Å². The van der Waals surface area contributed by atoms with Gasteiger partial charge in [0.1, 0.15) is 5.82 Å². The van der Waals surface area contributed by atoms with Gasteiger partial charge in [-0.3, -0.25) is 4.79 Å². The number of ether oxygens (including phenoxy) is 1. The number of thiazole rings is 1. The summed E-state index contributed by atoms with van der Waals surface area (Å²) in [5.74, 6) is -0.970. The van der Waals surface area contributed by atoms with Gasteiger partial charge in [0.05, 0.1) is 21.7 Å². The largest absolute Gasteiger partial charge is 0.380 e. The molecule has 1 fully saturated rings. The molecule has 0 bridgehead atoms. The molecule has 182 valence electrons. The second-order valence-corrected chi connectivity index (χ2v) is 11.2. The summed E-state index contributed by atoms with van der Waals surface area (Å²) in [4.78, 5) is 18.2. The number of sulfonamides is 1. The van der Waals surface area contributed by atoms with E-state index in [2.05, 4.69) is 4.99 Å². The number of rotatable bonds is 7. The summed E-state index contributed by atoms with van der Waals surface area (Å²) in [5, 5.41) is 0. The van der Waals surface area contributed by atoms with Crippen LogP contribution in [0.3, 0.4) is 0 Å². The molecule has 4 rings (SSSR count). The lowest BCUT2D eigenvalue weighted by molar-refractivity contribution is -0.122. The molecule has 1 aromatic heterocycles. The van der Waals surface area contributed by atoms with Crippen LogP contribution in [0.25, 0.3) is 10.2 Å². The number of fused-ring (bicyclic) bond motifs is 1. The lowest BCUT2D eigenvalue weighted by Crippen LogP contribution is -2.40. The summed E-state index contributed by atoms with van der Waals surface area (Å²) < 4.78 is 49.1. The topological polar surface area (TPSA) is 81.0 Å². The minimum Gasteiger partial charge on any atom is -0.380 e. The van der Waals surface area contributed by atoms with Gasteiger partial charge >= 0.3 is 0 Å². The smallest absolute Gasteiger partial charge is 0.251 e. The number of amides is 1. The number of piperidine rings is 1. The molecule has 10 heteroatoms.